The molecular weight excluding hydrogens is 705 g/mol. The van der Waals surface area contributed by atoms with E-state index >= 15 is 0 Å². The lowest BCUT2D eigenvalue weighted by molar-refractivity contribution is 0.689. The van der Waals surface area contributed by atoms with Crippen LogP contribution in [0.1, 0.15) is 25.0 Å². The predicted octanol–water partition coefficient (Wildman–Crippen LogP) is 11.5. The topological polar surface area (TPSA) is 43.6 Å². The van der Waals surface area contributed by atoms with Gasteiger partial charge in [-0.1, -0.05) is 153 Å². The summed E-state index contributed by atoms with van der Waals surface area (Å²) >= 11 is 0. The van der Waals surface area contributed by atoms with E-state index in [0.717, 1.165) is 27.9 Å². The second-order valence-corrected chi connectivity index (χ2v) is 16.0. The molecule has 12 rings (SSSR count). The summed E-state index contributed by atoms with van der Waals surface area (Å²) in [6.07, 6.45) is 9.27. The van der Waals surface area contributed by atoms with Gasteiger partial charge in [0.05, 0.1) is 0 Å². The van der Waals surface area contributed by atoms with Crippen LogP contribution in [0.5, 0.6) is 0 Å². The molecule has 8 aromatic rings. The number of aromatic nitrogens is 4. The highest BCUT2D eigenvalue weighted by molar-refractivity contribution is 6.25. The largest absolute Gasteiger partial charge is 0.323 e. The summed E-state index contributed by atoms with van der Waals surface area (Å²) < 4.78 is 2.29. The number of allylic oxidation sites excluding steroid dienone is 1. The van der Waals surface area contributed by atoms with E-state index in [2.05, 4.69) is 164 Å². The highest BCUT2D eigenvalue weighted by Gasteiger charge is 2.41. The van der Waals surface area contributed by atoms with Crippen LogP contribution in [0.3, 0.4) is 0 Å². The average Bonchev–Trinajstić information content (AvgIpc) is 3.83. The molecule has 2 heterocycles. The molecule has 0 saturated heterocycles. The molecule has 0 bridgehead atoms. The maximum absolute atomic E-state index is 5.30. The molecule has 4 nitrogen and oxygen atoms in total. The molecule has 272 valence electrons. The van der Waals surface area contributed by atoms with Crippen LogP contribution in [0, 0.1) is 0 Å². The van der Waals surface area contributed by atoms with Crippen molar-refractivity contribution in [2.45, 2.75) is 19.3 Å². The Balaban J connectivity index is 1.14. The van der Waals surface area contributed by atoms with Crippen molar-refractivity contribution in [2.75, 3.05) is 0 Å². The van der Waals surface area contributed by atoms with Crippen molar-refractivity contribution in [3.63, 3.8) is 0 Å². The third-order valence-electron chi connectivity index (χ3n) is 12.4. The maximum Gasteiger partial charge on any atom is 0.165 e. The van der Waals surface area contributed by atoms with E-state index < -0.39 is 0 Å². The third kappa shape index (κ3) is 4.78. The number of hydrogen-bond donors (Lipinski definition) is 0. The molecule has 0 saturated carbocycles. The van der Waals surface area contributed by atoms with Gasteiger partial charge in [0.2, 0.25) is 0 Å². The molecule has 0 amide bonds. The zero-order valence-electron chi connectivity index (χ0n) is 32.1. The Morgan fingerprint density at radius 1 is 0.483 bits per heavy atom. The first-order valence-electron chi connectivity index (χ1n) is 19.9. The molecule has 4 aliphatic rings. The summed E-state index contributed by atoms with van der Waals surface area (Å²) in [5.41, 5.74) is 11.1. The van der Waals surface area contributed by atoms with Gasteiger partial charge in [-0.2, -0.15) is 0 Å². The van der Waals surface area contributed by atoms with Crippen molar-refractivity contribution in [1.29, 1.82) is 0 Å². The van der Waals surface area contributed by atoms with Crippen LogP contribution in [-0.2, 0) is 5.41 Å². The van der Waals surface area contributed by atoms with Crippen LogP contribution < -0.4 is 10.4 Å². The second kappa shape index (κ2) is 12.3. The first-order valence-corrected chi connectivity index (χ1v) is 19.9. The monoisotopic (exact) mass is 740 g/mol. The fourth-order valence-corrected chi connectivity index (χ4v) is 9.86. The normalized spacial score (nSPS) is 14.0. The van der Waals surface area contributed by atoms with Crippen LogP contribution >= 0.6 is 0 Å². The molecule has 0 unspecified atom stereocenters. The molecule has 0 fully saturated rings. The van der Waals surface area contributed by atoms with E-state index in [1.54, 1.807) is 0 Å². The van der Waals surface area contributed by atoms with Gasteiger partial charge >= 0.3 is 0 Å². The van der Waals surface area contributed by atoms with Crippen LogP contribution in [0.4, 0.5) is 0 Å². The number of fused-ring (bicyclic) bond motifs is 11. The van der Waals surface area contributed by atoms with E-state index in [9.17, 15) is 0 Å². The molecule has 7 aromatic carbocycles. The summed E-state index contributed by atoms with van der Waals surface area (Å²) in [6, 6.07) is 56.0. The SMILES string of the molecule is CC1(C)C2=c3ccccc3=CC2=Cc2c(-c3nc(-c4ccccc4)nc(-c4ccccc4)n3)c3ccn(-c4ccc5c6ccccc6c6ccccc6c5c4)cc-3c21. The van der Waals surface area contributed by atoms with Gasteiger partial charge in [0.15, 0.2) is 17.5 Å². The number of rotatable bonds is 4. The lowest BCUT2D eigenvalue weighted by Gasteiger charge is -2.33. The number of pyridine rings is 1. The molecule has 0 radical (unpaired) electrons. The fourth-order valence-electron chi connectivity index (χ4n) is 9.86. The fraction of sp³-hybridized carbons (Fsp3) is 0.0556. The number of benzene rings is 7. The molecule has 0 N–H and O–H groups in total. The minimum absolute atomic E-state index is 0.325. The van der Waals surface area contributed by atoms with Gasteiger partial charge in [-0.05, 0) is 101 Å². The Labute approximate surface area is 335 Å². The van der Waals surface area contributed by atoms with Crippen molar-refractivity contribution >= 4 is 50.0 Å². The van der Waals surface area contributed by atoms with Gasteiger partial charge in [0.25, 0.3) is 0 Å². The Hall–Kier alpha value is -7.43. The summed E-state index contributed by atoms with van der Waals surface area (Å²) in [6.45, 7) is 4.77. The van der Waals surface area contributed by atoms with E-state index in [-0.39, 0.29) is 5.41 Å². The third-order valence-corrected chi connectivity index (χ3v) is 12.4. The van der Waals surface area contributed by atoms with Crippen LogP contribution in [-0.4, -0.2) is 19.5 Å². The van der Waals surface area contributed by atoms with Gasteiger partial charge in [-0.3, -0.25) is 0 Å². The molecule has 0 spiro atoms. The van der Waals surface area contributed by atoms with Crippen molar-refractivity contribution in [3.8, 4) is 51.0 Å². The summed E-state index contributed by atoms with van der Waals surface area (Å²) in [4.78, 5) is 15.6. The molecule has 1 aromatic heterocycles. The van der Waals surface area contributed by atoms with E-state index in [0.29, 0.717) is 17.5 Å². The Kier molecular flexibility index (Phi) is 6.94. The summed E-state index contributed by atoms with van der Waals surface area (Å²) in [7, 11) is 0. The molecule has 4 heteroatoms. The van der Waals surface area contributed by atoms with Gasteiger partial charge in [-0.25, -0.2) is 15.0 Å². The highest BCUT2D eigenvalue weighted by atomic mass is 15.0. The predicted molar refractivity (Wildman–Crippen MR) is 239 cm³/mol. The second-order valence-electron chi connectivity index (χ2n) is 16.0. The van der Waals surface area contributed by atoms with E-state index in [1.807, 2.05) is 36.4 Å². The van der Waals surface area contributed by atoms with Gasteiger partial charge in [-0.15, -0.1) is 0 Å². The Bertz CT molecular complexity index is 3370. The zero-order chi connectivity index (χ0) is 38.5. The van der Waals surface area contributed by atoms with Gasteiger partial charge < -0.3 is 4.57 Å². The first kappa shape index (κ1) is 32.8. The molecule has 1 aliphatic heterocycles. The summed E-state index contributed by atoms with van der Waals surface area (Å²) in [5.74, 6) is 1.99. The first-order chi connectivity index (χ1) is 28.5. The highest BCUT2D eigenvalue weighted by Crippen LogP contribution is 2.55. The van der Waals surface area contributed by atoms with E-state index in [1.165, 1.54) is 70.6 Å². The lowest BCUT2D eigenvalue weighted by atomic mass is 9.69. The standard InChI is InChI=1S/C54H36N4/c1-54(2)49-36(29-35-19-9-10-20-38(35)49)30-46-48(53-56-51(33-15-5-3-6-16-33)55-52(57-53)34-17-7-4-8-18-34)44-27-28-58(32-47(44)50(46)54)37-25-26-43-41-23-12-11-21-39(41)40-22-13-14-24-42(40)45(43)31-37/h3-32H,1-2H3. The molecule has 0 atom stereocenters. The smallest absolute Gasteiger partial charge is 0.165 e. The van der Waals surface area contributed by atoms with Crippen LogP contribution in [0.2, 0.25) is 0 Å². The molecule has 58 heavy (non-hydrogen) atoms. The minimum atomic E-state index is -0.325. The Morgan fingerprint density at radius 2 is 1.03 bits per heavy atom. The van der Waals surface area contributed by atoms with Crippen molar-refractivity contribution in [3.05, 3.63) is 197 Å². The van der Waals surface area contributed by atoms with Crippen molar-refractivity contribution in [2.24, 2.45) is 0 Å². The van der Waals surface area contributed by atoms with Gasteiger partial charge in [0, 0.05) is 45.7 Å². The lowest BCUT2D eigenvalue weighted by Crippen LogP contribution is -2.31. The quantitative estimate of drug-likeness (QED) is 0.169. The zero-order valence-corrected chi connectivity index (χ0v) is 32.1. The minimum Gasteiger partial charge on any atom is -0.323 e. The van der Waals surface area contributed by atoms with Crippen LogP contribution in [0.15, 0.2) is 176 Å². The number of nitrogens with zero attached hydrogens (tertiary/aromatic N) is 4. The Morgan fingerprint density at radius 3 is 1.69 bits per heavy atom. The van der Waals surface area contributed by atoms with Gasteiger partial charge in [0.1, 0.15) is 0 Å². The maximum atomic E-state index is 5.30. The van der Waals surface area contributed by atoms with Crippen molar-refractivity contribution < 1.29 is 0 Å². The average molecular weight is 741 g/mol. The number of hydrogen-bond acceptors (Lipinski definition) is 3. The van der Waals surface area contributed by atoms with Crippen LogP contribution in [0.25, 0.3) is 101 Å². The van der Waals surface area contributed by atoms with Crippen molar-refractivity contribution in [1.82, 2.24) is 19.5 Å². The van der Waals surface area contributed by atoms with E-state index in [4.69, 9.17) is 15.0 Å². The molecular formula is C54H36N4. The summed E-state index contributed by atoms with van der Waals surface area (Å²) in [5, 5.41) is 10.2. The molecule has 3 aliphatic carbocycles.